The maximum absolute atomic E-state index is 12.4. The first-order valence-corrected chi connectivity index (χ1v) is 9.30. The maximum Gasteiger partial charge on any atom is 0.222 e. The van der Waals surface area contributed by atoms with Crippen LogP contribution in [0.3, 0.4) is 0 Å². The van der Waals surface area contributed by atoms with Gasteiger partial charge in [0.2, 0.25) is 5.91 Å². The van der Waals surface area contributed by atoms with Crippen molar-refractivity contribution in [3.63, 3.8) is 0 Å². The number of likely N-dealkylation sites (tertiary alicyclic amines) is 1. The molecule has 0 spiro atoms. The minimum atomic E-state index is 0. The van der Waals surface area contributed by atoms with Gasteiger partial charge in [0.1, 0.15) is 5.75 Å². The van der Waals surface area contributed by atoms with E-state index in [2.05, 4.69) is 15.9 Å². The van der Waals surface area contributed by atoms with Crippen molar-refractivity contribution < 1.29 is 9.53 Å². The molecule has 136 valence electrons. The molecule has 2 atom stereocenters. The smallest absolute Gasteiger partial charge is 0.222 e. The van der Waals surface area contributed by atoms with Gasteiger partial charge in [-0.1, -0.05) is 15.9 Å². The molecule has 6 heteroatoms. The molecule has 2 unspecified atom stereocenters. The van der Waals surface area contributed by atoms with Gasteiger partial charge in [-0.25, -0.2) is 0 Å². The fourth-order valence-corrected chi connectivity index (χ4v) is 3.32. The van der Waals surface area contributed by atoms with E-state index in [0.29, 0.717) is 13.0 Å². The second kappa shape index (κ2) is 11.0. The van der Waals surface area contributed by atoms with Crippen LogP contribution in [0.4, 0.5) is 0 Å². The van der Waals surface area contributed by atoms with E-state index in [1.807, 2.05) is 36.1 Å². The summed E-state index contributed by atoms with van der Waals surface area (Å²) >= 11 is 3.40. The van der Waals surface area contributed by atoms with Crippen molar-refractivity contribution in [3.8, 4) is 5.75 Å². The number of benzene rings is 1. The Balaban J connectivity index is 0.00000288. The SMILES string of the molecule is CC(N)C1CCCCN1C(=O)CCCCOc1ccc(Br)cc1.Cl. The normalized spacial score (nSPS) is 18.6. The van der Waals surface area contributed by atoms with Gasteiger partial charge in [-0.05, 0) is 63.3 Å². The molecule has 1 aliphatic heterocycles. The Morgan fingerprint density at radius 2 is 2.04 bits per heavy atom. The van der Waals surface area contributed by atoms with Crippen molar-refractivity contribution in [2.45, 2.75) is 57.5 Å². The van der Waals surface area contributed by atoms with Crippen LogP contribution in [0.1, 0.15) is 45.4 Å². The third-order valence-electron chi connectivity index (χ3n) is 4.34. The summed E-state index contributed by atoms with van der Waals surface area (Å²) < 4.78 is 6.72. The second-order valence-electron chi connectivity index (χ2n) is 6.27. The first-order chi connectivity index (χ1) is 11.1. The minimum absolute atomic E-state index is 0. The van der Waals surface area contributed by atoms with E-state index in [4.69, 9.17) is 10.5 Å². The number of unbranched alkanes of at least 4 members (excludes halogenated alkanes) is 1. The van der Waals surface area contributed by atoms with E-state index in [-0.39, 0.29) is 30.4 Å². The maximum atomic E-state index is 12.4. The van der Waals surface area contributed by atoms with Gasteiger partial charge in [-0.3, -0.25) is 4.79 Å². The molecule has 0 aliphatic carbocycles. The highest BCUT2D eigenvalue weighted by molar-refractivity contribution is 9.10. The molecule has 2 N–H and O–H groups in total. The molecule has 1 heterocycles. The average molecular weight is 420 g/mol. The van der Waals surface area contributed by atoms with Crippen molar-refractivity contribution in [1.82, 2.24) is 4.90 Å². The lowest BCUT2D eigenvalue weighted by Crippen LogP contribution is -2.51. The number of rotatable bonds is 7. The molecule has 0 radical (unpaired) electrons. The number of amides is 1. The summed E-state index contributed by atoms with van der Waals surface area (Å²) in [5.74, 6) is 1.11. The zero-order valence-corrected chi connectivity index (χ0v) is 16.7. The van der Waals surface area contributed by atoms with Gasteiger partial charge in [0.25, 0.3) is 0 Å². The number of nitrogens with zero attached hydrogens (tertiary/aromatic N) is 1. The number of hydrogen-bond donors (Lipinski definition) is 1. The fraction of sp³-hybridized carbons (Fsp3) is 0.611. The van der Waals surface area contributed by atoms with Gasteiger partial charge in [0.15, 0.2) is 0 Å². The number of piperidine rings is 1. The third-order valence-corrected chi connectivity index (χ3v) is 4.87. The van der Waals surface area contributed by atoms with Crippen molar-refractivity contribution in [3.05, 3.63) is 28.7 Å². The topological polar surface area (TPSA) is 55.6 Å². The van der Waals surface area contributed by atoms with Crippen LogP contribution in [0.5, 0.6) is 5.75 Å². The molecular weight excluding hydrogens is 392 g/mol. The van der Waals surface area contributed by atoms with Gasteiger partial charge in [-0.15, -0.1) is 12.4 Å². The second-order valence-corrected chi connectivity index (χ2v) is 7.18. The van der Waals surface area contributed by atoms with E-state index in [1.165, 1.54) is 6.42 Å². The molecule has 1 aromatic rings. The first kappa shape index (κ1) is 21.3. The third kappa shape index (κ3) is 6.61. The number of ether oxygens (including phenoxy) is 1. The zero-order chi connectivity index (χ0) is 16.7. The molecule has 1 amide bonds. The number of halogens is 2. The minimum Gasteiger partial charge on any atom is -0.494 e. The lowest BCUT2D eigenvalue weighted by atomic mass is 9.96. The average Bonchev–Trinajstić information content (AvgIpc) is 2.56. The number of carbonyl (C=O) groups excluding carboxylic acids is 1. The van der Waals surface area contributed by atoms with E-state index in [9.17, 15) is 4.79 Å². The molecule has 1 aliphatic rings. The van der Waals surface area contributed by atoms with Crippen LogP contribution in [-0.2, 0) is 4.79 Å². The number of hydrogen-bond acceptors (Lipinski definition) is 3. The molecule has 2 rings (SSSR count). The Morgan fingerprint density at radius 1 is 1.33 bits per heavy atom. The highest BCUT2D eigenvalue weighted by Gasteiger charge is 2.28. The molecule has 0 aromatic heterocycles. The molecular formula is C18H28BrClN2O2. The standard InChI is InChI=1S/C18H27BrN2O2.ClH/c1-14(20)17-6-2-4-12-21(17)18(22)7-3-5-13-23-16-10-8-15(19)9-11-16;/h8-11,14,17H,2-7,12-13,20H2,1H3;1H. The van der Waals surface area contributed by atoms with Crippen LogP contribution in [0.15, 0.2) is 28.7 Å². The van der Waals surface area contributed by atoms with Crippen molar-refractivity contribution in [2.24, 2.45) is 5.73 Å². The van der Waals surface area contributed by atoms with Crippen LogP contribution in [0.2, 0.25) is 0 Å². The lowest BCUT2D eigenvalue weighted by Gasteiger charge is -2.38. The molecule has 24 heavy (non-hydrogen) atoms. The summed E-state index contributed by atoms with van der Waals surface area (Å²) in [6, 6.07) is 8.08. The summed E-state index contributed by atoms with van der Waals surface area (Å²) in [5, 5.41) is 0. The Labute approximate surface area is 159 Å². The molecule has 1 aromatic carbocycles. The van der Waals surface area contributed by atoms with Crippen LogP contribution in [0.25, 0.3) is 0 Å². The lowest BCUT2D eigenvalue weighted by molar-refractivity contribution is -0.135. The first-order valence-electron chi connectivity index (χ1n) is 8.51. The van der Waals surface area contributed by atoms with Crippen LogP contribution in [0, 0.1) is 0 Å². The van der Waals surface area contributed by atoms with Crippen LogP contribution >= 0.6 is 28.3 Å². The van der Waals surface area contributed by atoms with Crippen molar-refractivity contribution in [1.29, 1.82) is 0 Å². The Hall–Kier alpha value is -0.780. The van der Waals surface area contributed by atoms with Gasteiger partial charge in [0, 0.05) is 29.5 Å². The van der Waals surface area contributed by atoms with Gasteiger partial charge >= 0.3 is 0 Å². The Morgan fingerprint density at radius 3 is 2.71 bits per heavy atom. The van der Waals surface area contributed by atoms with Gasteiger partial charge in [-0.2, -0.15) is 0 Å². The predicted octanol–water partition coefficient (Wildman–Crippen LogP) is 4.15. The summed E-state index contributed by atoms with van der Waals surface area (Å²) in [4.78, 5) is 14.4. The molecule has 4 nitrogen and oxygen atoms in total. The van der Waals surface area contributed by atoms with Crippen molar-refractivity contribution >= 4 is 34.2 Å². The van der Waals surface area contributed by atoms with Crippen LogP contribution in [-0.4, -0.2) is 36.0 Å². The highest BCUT2D eigenvalue weighted by atomic mass is 79.9. The fourth-order valence-electron chi connectivity index (χ4n) is 3.06. The summed E-state index contributed by atoms with van der Waals surface area (Å²) in [5.41, 5.74) is 6.03. The highest BCUT2D eigenvalue weighted by Crippen LogP contribution is 2.21. The Kier molecular flexibility index (Phi) is 9.71. The summed E-state index contributed by atoms with van der Waals surface area (Å²) in [6.07, 6.45) is 5.65. The van der Waals surface area contributed by atoms with E-state index in [0.717, 1.165) is 42.5 Å². The van der Waals surface area contributed by atoms with Crippen LogP contribution < -0.4 is 10.5 Å². The van der Waals surface area contributed by atoms with E-state index >= 15 is 0 Å². The molecule has 1 saturated heterocycles. The summed E-state index contributed by atoms with van der Waals surface area (Å²) in [6.45, 7) is 3.51. The molecule has 0 bridgehead atoms. The van der Waals surface area contributed by atoms with Gasteiger partial charge < -0.3 is 15.4 Å². The monoisotopic (exact) mass is 418 g/mol. The quantitative estimate of drug-likeness (QED) is 0.675. The largest absolute Gasteiger partial charge is 0.494 e. The molecule has 1 fully saturated rings. The Bertz CT molecular complexity index is 496. The van der Waals surface area contributed by atoms with E-state index < -0.39 is 0 Å². The van der Waals surface area contributed by atoms with E-state index in [1.54, 1.807) is 0 Å². The zero-order valence-electron chi connectivity index (χ0n) is 14.2. The number of nitrogens with two attached hydrogens (primary N) is 1. The van der Waals surface area contributed by atoms with Crippen molar-refractivity contribution in [2.75, 3.05) is 13.2 Å². The number of carbonyl (C=O) groups is 1. The predicted molar refractivity (Wildman–Crippen MR) is 104 cm³/mol. The molecule has 0 saturated carbocycles. The summed E-state index contributed by atoms with van der Waals surface area (Å²) in [7, 11) is 0. The van der Waals surface area contributed by atoms with Gasteiger partial charge in [0.05, 0.1) is 6.61 Å².